The monoisotopic (exact) mass is 378 g/mol. The molecule has 1 aliphatic heterocycles. The van der Waals surface area contributed by atoms with Crippen molar-refractivity contribution in [3.8, 4) is 5.75 Å². The van der Waals surface area contributed by atoms with E-state index >= 15 is 0 Å². The predicted molar refractivity (Wildman–Crippen MR) is 111 cm³/mol. The Labute approximate surface area is 165 Å². The maximum atomic E-state index is 12.7. The van der Waals surface area contributed by atoms with E-state index < -0.39 is 0 Å². The minimum absolute atomic E-state index is 0.200. The van der Waals surface area contributed by atoms with Gasteiger partial charge in [-0.1, -0.05) is 12.1 Å². The second-order valence-electron chi connectivity index (χ2n) is 7.19. The third-order valence-corrected chi connectivity index (χ3v) is 5.51. The van der Waals surface area contributed by atoms with Crippen LogP contribution in [0.5, 0.6) is 5.75 Å². The molecule has 3 aromatic rings. The average molecular weight is 378 g/mol. The third-order valence-electron chi connectivity index (χ3n) is 5.51. The molecule has 0 spiro atoms. The SMILES string of the molecule is COc1ccc(N2CCN(C(=O)CCn3ncc4c(C)cccc43)CC2)cc1. The van der Waals surface area contributed by atoms with Gasteiger partial charge in [-0.15, -0.1) is 0 Å². The molecule has 0 unspecified atom stereocenters. The van der Waals surface area contributed by atoms with Crippen LogP contribution in [0.1, 0.15) is 12.0 Å². The zero-order chi connectivity index (χ0) is 19.5. The molecule has 1 aliphatic rings. The fourth-order valence-electron chi connectivity index (χ4n) is 3.79. The highest BCUT2D eigenvalue weighted by molar-refractivity contribution is 5.82. The molecule has 28 heavy (non-hydrogen) atoms. The number of methoxy groups -OCH3 is 1. The number of carbonyl (C=O) groups is 1. The van der Waals surface area contributed by atoms with E-state index in [1.807, 2.05) is 34.0 Å². The zero-order valence-electron chi connectivity index (χ0n) is 16.5. The predicted octanol–water partition coefficient (Wildman–Crippen LogP) is 3.09. The zero-order valence-corrected chi connectivity index (χ0v) is 16.5. The molecular formula is C22H26N4O2. The summed E-state index contributed by atoms with van der Waals surface area (Å²) in [5.41, 5.74) is 3.48. The van der Waals surface area contributed by atoms with Crippen molar-refractivity contribution in [1.82, 2.24) is 14.7 Å². The highest BCUT2D eigenvalue weighted by Gasteiger charge is 2.21. The lowest BCUT2D eigenvalue weighted by Gasteiger charge is -2.36. The molecule has 1 aromatic heterocycles. The number of amides is 1. The van der Waals surface area contributed by atoms with Crippen molar-refractivity contribution < 1.29 is 9.53 Å². The van der Waals surface area contributed by atoms with Crippen LogP contribution in [-0.4, -0.2) is 53.9 Å². The van der Waals surface area contributed by atoms with Crippen molar-refractivity contribution in [2.24, 2.45) is 0 Å². The van der Waals surface area contributed by atoms with Gasteiger partial charge in [0.05, 0.1) is 25.4 Å². The number of piperazine rings is 1. The lowest BCUT2D eigenvalue weighted by atomic mass is 10.1. The van der Waals surface area contributed by atoms with Gasteiger partial charge in [-0.25, -0.2) is 0 Å². The molecule has 1 amide bonds. The minimum atomic E-state index is 0.200. The number of nitrogens with zero attached hydrogens (tertiary/aromatic N) is 4. The van der Waals surface area contributed by atoms with Crippen molar-refractivity contribution in [2.45, 2.75) is 19.9 Å². The van der Waals surface area contributed by atoms with Crippen molar-refractivity contribution >= 4 is 22.5 Å². The van der Waals surface area contributed by atoms with Gasteiger partial charge in [-0.2, -0.15) is 5.10 Å². The summed E-state index contributed by atoms with van der Waals surface area (Å²) >= 11 is 0. The van der Waals surface area contributed by atoms with Crippen LogP contribution in [0.3, 0.4) is 0 Å². The first-order valence-electron chi connectivity index (χ1n) is 9.73. The van der Waals surface area contributed by atoms with Crippen LogP contribution in [0.15, 0.2) is 48.7 Å². The number of anilines is 1. The molecule has 2 heterocycles. The summed E-state index contributed by atoms with van der Waals surface area (Å²) < 4.78 is 7.16. The van der Waals surface area contributed by atoms with E-state index in [2.05, 4.69) is 41.2 Å². The normalized spacial score (nSPS) is 14.5. The van der Waals surface area contributed by atoms with Crippen LogP contribution in [0.4, 0.5) is 5.69 Å². The van der Waals surface area contributed by atoms with Crippen LogP contribution in [0.25, 0.3) is 10.9 Å². The van der Waals surface area contributed by atoms with Gasteiger partial charge in [0.15, 0.2) is 0 Å². The van der Waals surface area contributed by atoms with Crippen LogP contribution in [0.2, 0.25) is 0 Å². The number of hydrogen-bond donors (Lipinski definition) is 0. The van der Waals surface area contributed by atoms with Crippen LogP contribution < -0.4 is 9.64 Å². The molecule has 0 bridgehead atoms. The first-order valence-corrected chi connectivity index (χ1v) is 9.73. The van der Waals surface area contributed by atoms with Gasteiger partial charge in [0.1, 0.15) is 5.75 Å². The molecule has 1 fully saturated rings. The van der Waals surface area contributed by atoms with Crippen LogP contribution >= 0.6 is 0 Å². The van der Waals surface area contributed by atoms with Gasteiger partial charge < -0.3 is 14.5 Å². The smallest absolute Gasteiger partial charge is 0.224 e. The molecule has 0 aliphatic carbocycles. The standard InChI is InChI=1S/C22H26N4O2/c1-17-4-3-5-21-20(17)16-23-26(21)11-10-22(27)25-14-12-24(13-15-25)18-6-8-19(28-2)9-7-18/h3-9,16H,10-15H2,1-2H3. The molecule has 0 N–H and O–H groups in total. The number of benzene rings is 2. The summed E-state index contributed by atoms with van der Waals surface area (Å²) in [6.07, 6.45) is 2.37. The Bertz CT molecular complexity index is 956. The molecule has 0 atom stereocenters. The van der Waals surface area contributed by atoms with Gasteiger partial charge >= 0.3 is 0 Å². The van der Waals surface area contributed by atoms with E-state index in [1.54, 1.807) is 7.11 Å². The van der Waals surface area contributed by atoms with Crippen molar-refractivity contribution in [3.63, 3.8) is 0 Å². The van der Waals surface area contributed by atoms with Gasteiger partial charge in [0.25, 0.3) is 0 Å². The Balaban J connectivity index is 1.32. The molecule has 6 nitrogen and oxygen atoms in total. The van der Waals surface area contributed by atoms with E-state index in [-0.39, 0.29) is 5.91 Å². The number of aryl methyl sites for hydroxylation is 2. The lowest BCUT2D eigenvalue weighted by molar-refractivity contribution is -0.131. The first kappa shape index (κ1) is 18.3. The summed E-state index contributed by atoms with van der Waals surface area (Å²) in [5.74, 6) is 1.06. The molecule has 0 saturated carbocycles. The number of fused-ring (bicyclic) bond motifs is 1. The van der Waals surface area contributed by atoms with Gasteiger partial charge in [-0.3, -0.25) is 9.48 Å². The Morgan fingerprint density at radius 2 is 1.82 bits per heavy atom. The first-order chi connectivity index (χ1) is 13.7. The summed E-state index contributed by atoms with van der Waals surface area (Å²) in [6, 6.07) is 14.3. The highest BCUT2D eigenvalue weighted by atomic mass is 16.5. The van der Waals surface area contributed by atoms with Crippen molar-refractivity contribution in [3.05, 3.63) is 54.2 Å². The van der Waals surface area contributed by atoms with Gasteiger partial charge in [0.2, 0.25) is 5.91 Å². The molecule has 4 rings (SSSR count). The molecule has 0 radical (unpaired) electrons. The summed E-state index contributed by atoms with van der Waals surface area (Å²) in [4.78, 5) is 17.0. The third kappa shape index (κ3) is 3.67. The van der Waals surface area contributed by atoms with E-state index in [0.717, 1.165) is 42.8 Å². The largest absolute Gasteiger partial charge is 0.497 e. The number of hydrogen-bond acceptors (Lipinski definition) is 4. The molecule has 1 saturated heterocycles. The van der Waals surface area contributed by atoms with E-state index in [0.29, 0.717) is 13.0 Å². The van der Waals surface area contributed by atoms with E-state index in [4.69, 9.17) is 4.74 Å². The number of rotatable bonds is 5. The molecular weight excluding hydrogens is 352 g/mol. The Hall–Kier alpha value is -3.02. The van der Waals surface area contributed by atoms with Crippen LogP contribution in [0, 0.1) is 6.92 Å². The van der Waals surface area contributed by atoms with Crippen molar-refractivity contribution in [2.75, 3.05) is 38.2 Å². The van der Waals surface area contributed by atoms with Gasteiger partial charge in [-0.05, 0) is 42.8 Å². The maximum Gasteiger partial charge on any atom is 0.224 e. The second-order valence-corrected chi connectivity index (χ2v) is 7.19. The molecule has 6 heteroatoms. The van der Waals surface area contributed by atoms with E-state index in [1.165, 1.54) is 11.3 Å². The Morgan fingerprint density at radius 1 is 1.07 bits per heavy atom. The fourth-order valence-corrected chi connectivity index (χ4v) is 3.79. The average Bonchev–Trinajstić information content (AvgIpc) is 3.17. The maximum absolute atomic E-state index is 12.7. The number of aromatic nitrogens is 2. The fraction of sp³-hybridized carbons (Fsp3) is 0.364. The summed E-state index contributed by atoms with van der Waals surface area (Å²) in [7, 11) is 1.67. The topological polar surface area (TPSA) is 50.6 Å². The quantitative estimate of drug-likeness (QED) is 0.685. The van der Waals surface area contributed by atoms with E-state index in [9.17, 15) is 4.79 Å². The van der Waals surface area contributed by atoms with Crippen molar-refractivity contribution in [1.29, 1.82) is 0 Å². The minimum Gasteiger partial charge on any atom is -0.497 e. The highest BCUT2D eigenvalue weighted by Crippen LogP contribution is 2.21. The lowest BCUT2D eigenvalue weighted by Crippen LogP contribution is -2.49. The Morgan fingerprint density at radius 3 is 2.54 bits per heavy atom. The number of carbonyl (C=O) groups excluding carboxylic acids is 1. The Kier molecular flexibility index (Phi) is 5.19. The summed E-state index contributed by atoms with van der Waals surface area (Å²) in [6.45, 7) is 5.91. The summed E-state index contributed by atoms with van der Waals surface area (Å²) in [5, 5.41) is 5.62. The number of ether oxygens (including phenoxy) is 1. The van der Waals surface area contributed by atoms with Gasteiger partial charge in [0, 0.05) is 43.7 Å². The molecule has 2 aromatic carbocycles. The van der Waals surface area contributed by atoms with Crippen LogP contribution in [-0.2, 0) is 11.3 Å². The molecule has 146 valence electrons. The second kappa shape index (κ2) is 7.92.